The fourth-order valence-electron chi connectivity index (χ4n) is 4.23. The van der Waals surface area contributed by atoms with Gasteiger partial charge < -0.3 is 0 Å². The lowest BCUT2D eigenvalue weighted by atomic mass is 9.77. The maximum atomic E-state index is 14.7. The van der Waals surface area contributed by atoms with Crippen molar-refractivity contribution >= 4 is 0 Å². The Morgan fingerprint density at radius 1 is 0.833 bits per heavy atom. The normalized spacial score (nSPS) is 18.1. The largest absolute Gasteiger partial charge is 0.206 e. The van der Waals surface area contributed by atoms with E-state index in [9.17, 15) is 4.39 Å². The Morgan fingerprint density at radius 3 is 2.17 bits per heavy atom. The van der Waals surface area contributed by atoms with Gasteiger partial charge in [0.25, 0.3) is 0 Å². The molecule has 0 saturated heterocycles. The Balaban J connectivity index is 1.61. The van der Waals surface area contributed by atoms with Crippen molar-refractivity contribution < 1.29 is 4.39 Å². The minimum Gasteiger partial charge on any atom is -0.206 e. The van der Waals surface area contributed by atoms with Gasteiger partial charge in [-0.25, -0.2) is 4.39 Å². The quantitative estimate of drug-likeness (QED) is 0.448. The zero-order valence-electron chi connectivity index (χ0n) is 18.4. The van der Waals surface area contributed by atoms with Crippen molar-refractivity contribution in [3.05, 3.63) is 70.5 Å². The van der Waals surface area contributed by atoms with E-state index in [1.807, 2.05) is 30.3 Å². The molecular formula is C29H33F. The van der Waals surface area contributed by atoms with Crippen LogP contribution in [0.4, 0.5) is 4.39 Å². The van der Waals surface area contributed by atoms with Crippen molar-refractivity contribution in [1.29, 1.82) is 0 Å². The van der Waals surface area contributed by atoms with E-state index in [1.54, 1.807) is 6.07 Å². The standard InChI is InChI=1S/C29H33F/c1-3-5-7-9-24-10-12-25(13-11-24)16-19-27-20-21-28(22-29(27)30)26-17-14-23(15-18-26)8-6-4-2/h10-13,20-23,26H,3-6,8,14-15,17-18H2,1-2H3. The van der Waals surface area contributed by atoms with Gasteiger partial charge in [-0.05, 0) is 85.9 Å². The summed E-state index contributed by atoms with van der Waals surface area (Å²) in [5.41, 5.74) is 3.49. The van der Waals surface area contributed by atoms with Gasteiger partial charge in [0.15, 0.2) is 0 Å². The van der Waals surface area contributed by atoms with Gasteiger partial charge in [0.2, 0.25) is 0 Å². The summed E-state index contributed by atoms with van der Waals surface area (Å²) < 4.78 is 14.7. The second-order valence-electron chi connectivity index (χ2n) is 8.48. The van der Waals surface area contributed by atoms with Crippen molar-refractivity contribution in [2.24, 2.45) is 5.92 Å². The van der Waals surface area contributed by atoms with Gasteiger partial charge in [0.05, 0.1) is 5.56 Å². The summed E-state index contributed by atoms with van der Waals surface area (Å²) >= 11 is 0. The van der Waals surface area contributed by atoms with Crippen LogP contribution in [0, 0.1) is 35.4 Å². The van der Waals surface area contributed by atoms with Gasteiger partial charge in [0, 0.05) is 17.5 Å². The number of benzene rings is 2. The maximum Gasteiger partial charge on any atom is 0.139 e. The molecule has 0 spiro atoms. The van der Waals surface area contributed by atoms with Crippen LogP contribution >= 0.6 is 0 Å². The van der Waals surface area contributed by atoms with Crippen LogP contribution in [0.25, 0.3) is 0 Å². The first-order chi connectivity index (χ1) is 14.7. The molecule has 2 aromatic rings. The predicted molar refractivity (Wildman–Crippen MR) is 125 cm³/mol. The number of rotatable bonds is 5. The Bertz CT molecular complexity index is 922. The summed E-state index contributed by atoms with van der Waals surface area (Å²) in [5, 5.41) is 0. The summed E-state index contributed by atoms with van der Waals surface area (Å²) in [7, 11) is 0. The topological polar surface area (TPSA) is 0 Å². The summed E-state index contributed by atoms with van der Waals surface area (Å²) in [6.45, 7) is 4.38. The molecule has 30 heavy (non-hydrogen) atoms. The molecular weight excluding hydrogens is 367 g/mol. The Labute approximate surface area is 182 Å². The minimum atomic E-state index is -0.199. The second kappa shape index (κ2) is 11.6. The summed E-state index contributed by atoms with van der Waals surface area (Å²) in [6, 6.07) is 13.5. The molecule has 3 rings (SSSR count). The predicted octanol–water partition coefficient (Wildman–Crippen LogP) is 7.84. The van der Waals surface area contributed by atoms with Crippen molar-refractivity contribution in [3.8, 4) is 23.7 Å². The lowest BCUT2D eigenvalue weighted by Gasteiger charge is -2.28. The molecule has 1 saturated carbocycles. The maximum absolute atomic E-state index is 14.7. The molecule has 0 aromatic heterocycles. The van der Waals surface area contributed by atoms with E-state index < -0.39 is 0 Å². The third kappa shape index (κ3) is 6.50. The molecule has 0 nitrogen and oxygen atoms in total. The monoisotopic (exact) mass is 400 g/mol. The van der Waals surface area contributed by atoms with E-state index in [2.05, 4.69) is 43.6 Å². The van der Waals surface area contributed by atoms with Crippen LogP contribution in [0.3, 0.4) is 0 Å². The number of hydrogen-bond acceptors (Lipinski definition) is 0. The van der Waals surface area contributed by atoms with Crippen LogP contribution in [0.15, 0.2) is 42.5 Å². The van der Waals surface area contributed by atoms with Gasteiger partial charge in [0.1, 0.15) is 5.82 Å². The SMILES string of the molecule is CCCC#Cc1ccc(C#Cc2ccc(C3CCC(CCCC)CC3)cc2F)cc1. The average Bonchev–Trinajstić information content (AvgIpc) is 2.78. The van der Waals surface area contributed by atoms with E-state index in [0.717, 1.165) is 35.4 Å². The summed E-state index contributed by atoms with van der Waals surface area (Å²) in [4.78, 5) is 0. The molecule has 0 amide bonds. The van der Waals surface area contributed by atoms with Gasteiger partial charge in [-0.15, -0.1) is 0 Å². The van der Waals surface area contributed by atoms with Crippen LogP contribution in [0.2, 0.25) is 0 Å². The average molecular weight is 401 g/mol. The van der Waals surface area contributed by atoms with Gasteiger partial charge in [-0.3, -0.25) is 0 Å². The number of unbranched alkanes of at least 4 members (excludes halogenated alkanes) is 2. The van der Waals surface area contributed by atoms with Crippen molar-refractivity contribution in [1.82, 2.24) is 0 Å². The Kier molecular flexibility index (Phi) is 8.59. The molecule has 1 aliphatic carbocycles. The highest BCUT2D eigenvalue weighted by Crippen LogP contribution is 2.38. The van der Waals surface area contributed by atoms with Crippen LogP contribution < -0.4 is 0 Å². The molecule has 0 aliphatic heterocycles. The molecule has 0 heterocycles. The van der Waals surface area contributed by atoms with E-state index in [1.165, 1.54) is 44.9 Å². The lowest BCUT2D eigenvalue weighted by Crippen LogP contribution is -2.13. The molecule has 0 radical (unpaired) electrons. The van der Waals surface area contributed by atoms with E-state index in [-0.39, 0.29) is 5.82 Å². The Morgan fingerprint density at radius 2 is 1.53 bits per heavy atom. The lowest BCUT2D eigenvalue weighted by molar-refractivity contribution is 0.304. The molecule has 1 aliphatic rings. The highest BCUT2D eigenvalue weighted by Gasteiger charge is 2.22. The van der Waals surface area contributed by atoms with E-state index in [0.29, 0.717) is 11.5 Å². The first kappa shape index (κ1) is 22.2. The van der Waals surface area contributed by atoms with E-state index >= 15 is 0 Å². The molecule has 0 N–H and O–H groups in total. The van der Waals surface area contributed by atoms with Gasteiger partial charge in [-0.1, -0.05) is 62.9 Å². The molecule has 2 aromatic carbocycles. The molecule has 156 valence electrons. The van der Waals surface area contributed by atoms with E-state index in [4.69, 9.17) is 0 Å². The number of halogens is 1. The third-order valence-corrected chi connectivity index (χ3v) is 6.11. The van der Waals surface area contributed by atoms with Crippen LogP contribution in [0.1, 0.15) is 99.8 Å². The van der Waals surface area contributed by atoms with Crippen molar-refractivity contribution in [2.45, 2.75) is 77.6 Å². The highest BCUT2D eigenvalue weighted by atomic mass is 19.1. The molecule has 0 atom stereocenters. The molecule has 0 unspecified atom stereocenters. The Hall–Kier alpha value is -2.51. The van der Waals surface area contributed by atoms with Crippen LogP contribution in [-0.2, 0) is 0 Å². The zero-order valence-corrected chi connectivity index (χ0v) is 18.4. The second-order valence-corrected chi connectivity index (χ2v) is 8.48. The fourth-order valence-corrected chi connectivity index (χ4v) is 4.23. The first-order valence-electron chi connectivity index (χ1n) is 11.6. The number of hydrogen-bond donors (Lipinski definition) is 0. The smallest absolute Gasteiger partial charge is 0.139 e. The van der Waals surface area contributed by atoms with Crippen LogP contribution in [-0.4, -0.2) is 0 Å². The van der Waals surface area contributed by atoms with Gasteiger partial charge in [-0.2, -0.15) is 0 Å². The zero-order chi connectivity index (χ0) is 21.2. The molecule has 0 bridgehead atoms. The third-order valence-electron chi connectivity index (χ3n) is 6.11. The fraction of sp³-hybridized carbons (Fsp3) is 0.448. The highest BCUT2D eigenvalue weighted by molar-refractivity contribution is 5.47. The summed E-state index contributed by atoms with van der Waals surface area (Å²) in [6.07, 6.45) is 10.9. The molecule has 1 heteroatoms. The van der Waals surface area contributed by atoms with Crippen molar-refractivity contribution in [2.75, 3.05) is 0 Å². The van der Waals surface area contributed by atoms with Gasteiger partial charge >= 0.3 is 0 Å². The van der Waals surface area contributed by atoms with Crippen LogP contribution in [0.5, 0.6) is 0 Å². The molecule has 1 fully saturated rings. The minimum absolute atomic E-state index is 0.199. The van der Waals surface area contributed by atoms with Crippen molar-refractivity contribution in [3.63, 3.8) is 0 Å². The first-order valence-corrected chi connectivity index (χ1v) is 11.6. The summed E-state index contributed by atoms with van der Waals surface area (Å²) in [5.74, 6) is 13.6.